The summed E-state index contributed by atoms with van der Waals surface area (Å²) in [5, 5.41) is 5.67. The molecule has 0 fully saturated rings. The average Bonchev–Trinajstić information content (AvgIpc) is 3.82. The van der Waals surface area contributed by atoms with Crippen LogP contribution in [0.2, 0.25) is 0 Å². The molecule has 0 unspecified atom stereocenters. The number of ether oxygens (including phenoxy) is 1. The second kappa shape index (κ2) is 11.0. The lowest BCUT2D eigenvalue weighted by atomic mass is 9.73. The Bertz CT molecular complexity index is 3070. The monoisotopic (exact) mass is 683 g/mol. The minimum Gasteiger partial charge on any atom is -0.457 e. The number of aromatic nitrogens is 4. The van der Waals surface area contributed by atoms with Crippen LogP contribution in [0.15, 0.2) is 164 Å². The Morgan fingerprint density at radius 3 is 2.11 bits per heavy atom. The largest absolute Gasteiger partial charge is 0.457 e. The standard InChI is InChI=1S/C47H33N5O/c1-47(2)38-15-7-9-17-41(38)51(30-12-4-3-5-13-30)44-28-36-35-22-20-32(27-42(35)52(43(36)29-39(44)47)45-18-10-11-23-48-45)53-31-19-21-33-34-14-6-8-16-40(34)50-25-24-49-46(50)37(33)26-31/h3-29H,1-2H3. The van der Waals surface area contributed by atoms with Crippen LogP contribution in [0.1, 0.15) is 25.0 Å². The molecule has 10 aromatic rings. The third-order valence-electron chi connectivity index (χ3n) is 11.0. The molecule has 0 N–H and O–H groups in total. The molecule has 1 aliphatic heterocycles. The van der Waals surface area contributed by atoms with Crippen LogP contribution >= 0.6 is 0 Å². The summed E-state index contributed by atoms with van der Waals surface area (Å²) >= 11 is 0. The minimum atomic E-state index is -0.243. The summed E-state index contributed by atoms with van der Waals surface area (Å²) < 4.78 is 11.1. The van der Waals surface area contributed by atoms with Gasteiger partial charge in [-0.05, 0) is 95.4 Å². The van der Waals surface area contributed by atoms with Crippen molar-refractivity contribution in [3.05, 3.63) is 175 Å². The molecule has 6 heteroatoms. The van der Waals surface area contributed by atoms with E-state index >= 15 is 0 Å². The average molecular weight is 684 g/mol. The Morgan fingerprint density at radius 1 is 0.509 bits per heavy atom. The van der Waals surface area contributed by atoms with Crippen LogP contribution in [0.5, 0.6) is 11.5 Å². The summed E-state index contributed by atoms with van der Waals surface area (Å²) in [7, 11) is 0. The number of pyridine rings is 2. The Hall–Kier alpha value is -6.92. The molecule has 0 spiro atoms. The van der Waals surface area contributed by atoms with Crippen LogP contribution in [-0.2, 0) is 5.41 Å². The number of benzene rings is 6. The van der Waals surface area contributed by atoms with E-state index in [1.807, 2.05) is 30.7 Å². The van der Waals surface area contributed by atoms with Gasteiger partial charge in [0, 0.05) is 57.3 Å². The third-order valence-corrected chi connectivity index (χ3v) is 11.0. The molecular weight excluding hydrogens is 651 g/mol. The predicted molar refractivity (Wildman–Crippen MR) is 216 cm³/mol. The first-order valence-corrected chi connectivity index (χ1v) is 18.0. The summed E-state index contributed by atoms with van der Waals surface area (Å²) in [5.74, 6) is 2.37. The van der Waals surface area contributed by atoms with E-state index in [-0.39, 0.29) is 5.41 Å². The van der Waals surface area contributed by atoms with Crippen molar-refractivity contribution < 1.29 is 4.74 Å². The first-order chi connectivity index (χ1) is 26.0. The number of hydrogen-bond donors (Lipinski definition) is 0. The lowest BCUT2D eigenvalue weighted by Gasteiger charge is -2.42. The summed E-state index contributed by atoms with van der Waals surface area (Å²) in [6.45, 7) is 4.67. The normalized spacial score (nSPS) is 13.6. The number of fused-ring (bicyclic) bond motifs is 11. The number of nitrogens with zero attached hydrogens (tertiary/aromatic N) is 5. The molecule has 0 saturated heterocycles. The van der Waals surface area contributed by atoms with Gasteiger partial charge in [-0.15, -0.1) is 0 Å². The molecule has 6 nitrogen and oxygen atoms in total. The highest BCUT2D eigenvalue weighted by Crippen LogP contribution is 2.53. The summed E-state index contributed by atoms with van der Waals surface area (Å²) in [6.07, 6.45) is 5.74. The molecule has 252 valence electrons. The number of rotatable bonds is 4. The fourth-order valence-electron chi connectivity index (χ4n) is 8.59. The van der Waals surface area contributed by atoms with Crippen molar-refractivity contribution in [2.75, 3.05) is 4.90 Å². The molecule has 4 aromatic heterocycles. The number of hydrogen-bond acceptors (Lipinski definition) is 4. The minimum absolute atomic E-state index is 0.243. The van der Waals surface area contributed by atoms with Crippen molar-refractivity contribution in [1.82, 2.24) is 18.9 Å². The molecule has 0 aliphatic carbocycles. The van der Waals surface area contributed by atoms with Gasteiger partial charge in [0.05, 0.1) is 27.9 Å². The van der Waals surface area contributed by atoms with Crippen molar-refractivity contribution in [2.45, 2.75) is 19.3 Å². The van der Waals surface area contributed by atoms with Gasteiger partial charge in [-0.1, -0.05) is 74.5 Å². The summed E-state index contributed by atoms with van der Waals surface area (Å²) in [5.41, 5.74) is 10.0. The molecule has 0 saturated carbocycles. The predicted octanol–water partition coefficient (Wildman–Crippen LogP) is 12.0. The van der Waals surface area contributed by atoms with Gasteiger partial charge in [-0.2, -0.15) is 0 Å². The van der Waals surface area contributed by atoms with Crippen LogP contribution in [0.3, 0.4) is 0 Å². The summed E-state index contributed by atoms with van der Waals surface area (Å²) in [6, 6.07) is 51.5. The second-order valence-corrected chi connectivity index (χ2v) is 14.3. The van der Waals surface area contributed by atoms with Crippen LogP contribution < -0.4 is 9.64 Å². The highest BCUT2D eigenvalue weighted by Gasteiger charge is 2.37. The smallest absolute Gasteiger partial charge is 0.145 e. The number of imidazole rings is 1. The maximum Gasteiger partial charge on any atom is 0.145 e. The van der Waals surface area contributed by atoms with Gasteiger partial charge >= 0.3 is 0 Å². The Labute approximate surface area is 305 Å². The Balaban J connectivity index is 1.12. The zero-order valence-corrected chi connectivity index (χ0v) is 29.2. The number of para-hydroxylation sites is 3. The van der Waals surface area contributed by atoms with Crippen molar-refractivity contribution in [3.8, 4) is 17.3 Å². The highest BCUT2D eigenvalue weighted by atomic mass is 16.5. The molecule has 5 heterocycles. The molecule has 0 amide bonds. The quantitative estimate of drug-likeness (QED) is 0.173. The van der Waals surface area contributed by atoms with Gasteiger partial charge < -0.3 is 9.64 Å². The number of anilines is 3. The van der Waals surface area contributed by atoms with Crippen LogP contribution in [0.25, 0.3) is 54.9 Å². The molecule has 1 aliphatic rings. The first kappa shape index (κ1) is 29.8. The maximum atomic E-state index is 6.69. The lowest BCUT2D eigenvalue weighted by Crippen LogP contribution is -2.30. The van der Waals surface area contributed by atoms with Gasteiger partial charge in [0.2, 0.25) is 0 Å². The fraction of sp³-hybridized carbons (Fsp3) is 0.0638. The molecule has 0 radical (unpaired) electrons. The van der Waals surface area contributed by atoms with Crippen LogP contribution in [0.4, 0.5) is 17.1 Å². The third kappa shape index (κ3) is 4.33. The SMILES string of the molecule is CC1(C)c2ccccc2N(c2ccccc2)c2cc3c4ccc(Oc5ccc6c7ccccc7n7ccnc7c6c5)cc4n(-c4ccccn4)c3cc21. The zero-order chi connectivity index (χ0) is 35.3. The first-order valence-electron chi connectivity index (χ1n) is 18.0. The zero-order valence-electron chi connectivity index (χ0n) is 29.2. The van der Waals surface area contributed by atoms with Gasteiger partial charge in [-0.3, -0.25) is 8.97 Å². The maximum absolute atomic E-state index is 6.69. The van der Waals surface area contributed by atoms with E-state index in [0.29, 0.717) is 0 Å². The van der Waals surface area contributed by atoms with Crippen molar-refractivity contribution in [3.63, 3.8) is 0 Å². The molecule has 6 aromatic carbocycles. The lowest BCUT2D eigenvalue weighted by molar-refractivity contribution is 0.484. The topological polar surface area (TPSA) is 47.6 Å². The van der Waals surface area contributed by atoms with Crippen molar-refractivity contribution in [1.29, 1.82) is 0 Å². The van der Waals surface area contributed by atoms with E-state index in [9.17, 15) is 0 Å². The van der Waals surface area contributed by atoms with E-state index in [0.717, 1.165) is 66.7 Å². The Kier molecular flexibility index (Phi) is 6.20. The molecule has 0 bridgehead atoms. The van der Waals surface area contributed by atoms with Crippen molar-refractivity contribution in [2.24, 2.45) is 0 Å². The molecule has 53 heavy (non-hydrogen) atoms. The van der Waals surface area contributed by atoms with Gasteiger partial charge in [0.25, 0.3) is 0 Å². The second-order valence-electron chi connectivity index (χ2n) is 14.3. The highest BCUT2D eigenvalue weighted by molar-refractivity contribution is 6.13. The van der Waals surface area contributed by atoms with E-state index in [4.69, 9.17) is 14.7 Å². The fourth-order valence-corrected chi connectivity index (χ4v) is 8.59. The van der Waals surface area contributed by atoms with Gasteiger partial charge in [0.1, 0.15) is 23.0 Å². The van der Waals surface area contributed by atoms with E-state index < -0.39 is 0 Å². The molecule has 11 rings (SSSR count). The van der Waals surface area contributed by atoms with Crippen molar-refractivity contribution >= 4 is 66.2 Å². The van der Waals surface area contributed by atoms with Gasteiger partial charge in [0.15, 0.2) is 0 Å². The van der Waals surface area contributed by atoms with E-state index in [2.05, 4.69) is 161 Å². The van der Waals surface area contributed by atoms with E-state index in [1.165, 1.54) is 27.9 Å². The Morgan fingerprint density at radius 2 is 1.25 bits per heavy atom. The molecule has 0 atom stereocenters. The van der Waals surface area contributed by atoms with Gasteiger partial charge in [-0.25, -0.2) is 9.97 Å². The summed E-state index contributed by atoms with van der Waals surface area (Å²) in [4.78, 5) is 12.0. The van der Waals surface area contributed by atoms with Crippen LogP contribution in [0, 0.1) is 0 Å². The van der Waals surface area contributed by atoms with E-state index in [1.54, 1.807) is 0 Å². The van der Waals surface area contributed by atoms with Crippen LogP contribution in [-0.4, -0.2) is 18.9 Å². The molecular formula is C47H33N5O.